The summed E-state index contributed by atoms with van der Waals surface area (Å²) in [5, 5.41) is 0. The molecule has 1 aromatic rings. The Labute approximate surface area is 188 Å². The predicted octanol–water partition coefficient (Wildman–Crippen LogP) is 5.91. The number of cyclic esters (lactones) is 1. The molecule has 1 aromatic carbocycles. The first-order chi connectivity index (χ1) is 15.0. The molecule has 1 fully saturated rings. The van der Waals surface area contributed by atoms with Crippen molar-refractivity contribution in [3.63, 3.8) is 0 Å². The van der Waals surface area contributed by atoms with Crippen LogP contribution in [0.3, 0.4) is 0 Å². The van der Waals surface area contributed by atoms with Crippen LogP contribution < -0.4 is 4.74 Å². The van der Waals surface area contributed by atoms with Gasteiger partial charge in [-0.25, -0.2) is 4.79 Å². The number of benzene rings is 1. The van der Waals surface area contributed by atoms with E-state index in [4.69, 9.17) is 14.2 Å². The van der Waals surface area contributed by atoms with Gasteiger partial charge in [-0.1, -0.05) is 38.2 Å². The third-order valence-electron chi connectivity index (χ3n) is 5.93. The molecule has 0 aromatic heterocycles. The second-order valence-electron chi connectivity index (χ2n) is 9.07. The van der Waals surface area contributed by atoms with Crippen molar-refractivity contribution in [1.82, 2.24) is 0 Å². The average Bonchev–Trinajstić information content (AvgIpc) is 2.98. The Balaban J connectivity index is 2.03. The Morgan fingerprint density at radius 3 is 2.47 bits per heavy atom. The molecule has 5 nitrogen and oxygen atoms in total. The zero-order valence-corrected chi connectivity index (χ0v) is 19.4. The van der Waals surface area contributed by atoms with Crippen LogP contribution in [0.1, 0.15) is 62.5 Å². The molecule has 0 aliphatic carbocycles. The van der Waals surface area contributed by atoms with Crippen LogP contribution in [0.5, 0.6) is 5.75 Å². The van der Waals surface area contributed by atoms with Crippen molar-refractivity contribution in [2.45, 2.75) is 78.7 Å². The summed E-state index contributed by atoms with van der Waals surface area (Å²) in [6.45, 7) is 8.39. The molecule has 0 bridgehead atoms. The van der Waals surface area contributed by atoms with Crippen LogP contribution in [-0.4, -0.2) is 36.7 Å². The number of hydrogen-bond acceptors (Lipinski definition) is 5. The van der Waals surface area contributed by atoms with Crippen molar-refractivity contribution >= 4 is 12.0 Å². The molecule has 176 valence electrons. The topological polar surface area (TPSA) is 54.0 Å². The second kappa shape index (κ2) is 9.71. The Bertz CT molecular complexity index is 893. The SMILES string of the molecule is Cc1cc(OC(F)F)cc2c1C(=O)O[C@@H](C)[C@H](C)/C=C\C(C)[C@H]1OC(C)(C)O[C@H]1CC=C2. The molecule has 1 saturated heterocycles. The smallest absolute Gasteiger partial charge is 0.387 e. The van der Waals surface area contributed by atoms with E-state index < -0.39 is 18.4 Å². The summed E-state index contributed by atoms with van der Waals surface area (Å²) < 4.78 is 48.2. The summed E-state index contributed by atoms with van der Waals surface area (Å²) >= 11 is 0. The van der Waals surface area contributed by atoms with Crippen molar-refractivity contribution in [2.75, 3.05) is 0 Å². The number of alkyl halides is 2. The minimum absolute atomic E-state index is 0.00718. The van der Waals surface area contributed by atoms with Crippen LogP contribution in [0.15, 0.2) is 30.4 Å². The van der Waals surface area contributed by atoms with Crippen LogP contribution in [0, 0.1) is 18.8 Å². The summed E-state index contributed by atoms with van der Waals surface area (Å²) in [6.07, 6.45) is 7.54. The minimum atomic E-state index is -2.96. The Kier molecular flexibility index (Phi) is 7.40. The number of rotatable bonds is 2. The number of aryl methyl sites for hydroxylation is 1. The molecule has 2 heterocycles. The first-order valence-electron chi connectivity index (χ1n) is 11.0. The normalized spacial score (nSPS) is 31.4. The average molecular weight is 451 g/mol. The molecule has 7 heteroatoms. The van der Waals surface area contributed by atoms with Gasteiger partial charge in [0.2, 0.25) is 0 Å². The molecule has 0 spiro atoms. The van der Waals surface area contributed by atoms with Gasteiger partial charge in [-0.15, -0.1) is 0 Å². The number of ether oxygens (including phenoxy) is 4. The Morgan fingerprint density at radius 2 is 1.78 bits per heavy atom. The highest BCUT2D eigenvalue weighted by Gasteiger charge is 2.42. The summed E-state index contributed by atoms with van der Waals surface area (Å²) in [6, 6.07) is 2.85. The molecule has 0 radical (unpaired) electrons. The van der Waals surface area contributed by atoms with Crippen molar-refractivity contribution < 1.29 is 32.5 Å². The zero-order chi connectivity index (χ0) is 23.6. The second-order valence-corrected chi connectivity index (χ2v) is 9.07. The lowest BCUT2D eigenvalue weighted by Crippen LogP contribution is -2.29. The van der Waals surface area contributed by atoms with E-state index in [2.05, 4.69) is 17.7 Å². The molecule has 0 saturated carbocycles. The molecule has 1 unspecified atom stereocenters. The molecule has 3 rings (SSSR count). The molecule has 0 amide bonds. The standard InChI is InChI=1S/C25H32F2O5/c1-14-10-11-15(2)22-20(31-25(5,6)32-22)9-7-8-18-13-19(30-24(26)27)12-16(3)21(18)23(28)29-17(14)4/h7-8,10-15,17,20,22,24H,9H2,1-6H3/b8-7?,11-10-/t14-,15?,17+,20+,22-/m1/s1. The first kappa shape index (κ1) is 24.4. The molecule has 2 aliphatic rings. The highest BCUT2D eigenvalue weighted by atomic mass is 19.3. The van der Waals surface area contributed by atoms with Crippen molar-refractivity contribution in [3.05, 3.63) is 47.1 Å². The number of carbonyl (C=O) groups is 1. The third kappa shape index (κ3) is 5.75. The largest absolute Gasteiger partial charge is 0.458 e. The minimum Gasteiger partial charge on any atom is -0.458 e. The van der Waals surface area contributed by atoms with Gasteiger partial charge in [-0.3, -0.25) is 0 Å². The lowest BCUT2D eigenvalue weighted by molar-refractivity contribution is -0.148. The molecule has 2 aliphatic heterocycles. The van der Waals surface area contributed by atoms with E-state index in [1.165, 1.54) is 12.1 Å². The Hall–Kier alpha value is -2.25. The maximum Gasteiger partial charge on any atom is 0.387 e. The molecule has 5 atom stereocenters. The van der Waals surface area contributed by atoms with E-state index in [0.29, 0.717) is 23.1 Å². The van der Waals surface area contributed by atoms with Crippen LogP contribution in [0.2, 0.25) is 0 Å². The summed E-state index contributed by atoms with van der Waals surface area (Å²) in [5.41, 5.74) is 1.29. The quantitative estimate of drug-likeness (QED) is 0.414. The highest BCUT2D eigenvalue weighted by Crippen LogP contribution is 2.35. The van der Waals surface area contributed by atoms with Gasteiger partial charge in [0.1, 0.15) is 11.9 Å². The van der Waals surface area contributed by atoms with E-state index in [0.717, 1.165) is 0 Å². The third-order valence-corrected chi connectivity index (χ3v) is 5.93. The van der Waals surface area contributed by atoms with Gasteiger partial charge in [0.25, 0.3) is 0 Å². The zero-order valence-electron chi connectivity index (χ0n) is 19.4. The van der Waals surface area contributed by atoms with Crippen molar-refractivity contribution in [1.29, 1.82) is 0 Å². The van der Waals surface area contributed by atoms with E-state index in [1.54, 1.807) is 13.0 Å². The van der Waals surface area contributed by atoms with Gasteiger partial charge in [0, 0.05) is 11.8 Å². The highest BCUT2D eigenvalue weighted by molar-refractivity contribution is 5.95. The van der Waals surface area contributed by atoms with Gasteiger partial charge < -0.3 is 18.9 Å². The van der Waals surface area contributed by atoms with E-state index in [1.807, 2.05) is 39.8 Å². The summed E-state index contributed by atoms with van der Waals surface area (Å²) in [7, 11) is 0. The summed E-state index contributed by atoms with van der Waals surface area (Å²) in [5.74, 6) is -1.15. The van der Waals surface area contributed by atoms with Crippen LogP contribution >= 0.6 is 0 Å². The monoisotopic (exact) mass is 450 g/mol. The maximum absolute atomic E-state index is 13.0. The number of esters is 1. The van der Waals surface area contributed by atoms with Crippen LogP contribution in [-0.2, 0) is 14.2 Å². The van der Waals surface area contributed by atoms with Crippen LogP contribution in [0.4, 0.5) is 8.78 Å². The predicted molar refractivity (Wildman–Crippen MR) is 118 cm³/mol. The fourth-order valence-electron chi connectivity index (χ4n) is 4.13. The van der Waals surface area contributed by atoms with Gasteiger partial charge in [-0.2, -0.15) is 8.78 Å². The number of fused-ring (bicyclic) bond motifs is 2. The van der Waals surface area contributed by atoms with E-state index in [-0.39, 0.29) is 35.9 Å². The molecular weight excluding hydrogens is 418 g/mol. The lowest BCUT2D eigenvalue weighted by Gasteiger charge is -2.23. The molecule has 32 heavy (non-hydrogen) atoms. The fourth-order valence-corrected chi connectivity index (χ4v) is 4.13. The lowest BCUT2D eigenvalue weighted by atomic mass is 9.94. The van der Waals surface area contributed by atoms with Gasteiger partial charge in [-0.05, 0) is 57.4 Å². The van der Waals surface area contributed by atoms with E-state index in [9.17, 15) is 13.6 Å². The number of carbonyl (C=O) groups excluding carboxylic acids is 1. The van der Waals surface area contributed by atoms with Gasteiger partial charge in [0.05, 0.1) is 17.8 Å². The number of halogens is 2. The van der Waals surface area contributed by atoms with Gasteiger partial charge >= 0.3 is 12.6 Å². The first-order valence-corrected chi connectivity index (χ1v) is 11.0. The Morgan fingerprint density at radius 1 is 1.09 bits per heavy atom. The molecular formula is C25H32F2O5. The van der Waals surface area contributed by atoms with E-state index >= 15 is 0 Å². The van der Waals surface area contributed by atoms with Gasteiger partial charge in [0.15, 0.2) is 5.79 Å². The molecule has 0 N–H and O–H groups in total. The van der Waals surface area contributed by atoms with Crippen molar-refractivity contribution in [2.24, 2.45) is 11.8 Å². The fraction of sp³-hybridized carbons (Fsp3) is 0.560. The number of hydrogen-bond donors (Lipinski definition) is 0. The van der Waals surface area contributed by atoms with Crippen molar-refractivity contribution in [3.8, 4) is 5.75 Å². The summed E-state index contributed by atoms with van der Waals surface area (Å²) in [4.78, 5) is 13.0. The maximum atomic E-state index is 13.0. The van der Waals surface area contributed by atoms with Crippen LogP contribution in [0.25, 0.3) is 6.08 Å².